The summed E-state index contributed by atoms with van der Waals surface area (Å²) in [5.74, 6) is 0.547. The number of aromatic nitrogens is 2. The Morgan fingerprint density at radius 3 is 2.78 bits per heavy atom. The summed E-state index contributed by atoms with van der Waals surface area (Å²) in [5, 5.41) is 14.0. The topological polar surface area (TPSA) is 63.0 Å². The maximum Gasteiger partial charge on any atom is 0.320 e. The van der Waals surface area contributed by atoms with Crippen molar-refractivity contribution in [3.8, 4) is 0 Å². The molecule has 1 atom stereocenters. The first-order valence-electron chi connectivity index (χ1n) is 5.33. The van der Waals surface area contributed by atoms with Gasteiger partial charge in [-0.05, 0) is 48.1 Å². The molecule has 0 aliphatic carbocycles. The molecule has 2 N–H and O–H groups in total. The van der Waals surface area contributed by atoms with Gasteiger partial charge in [0.05, 0.1) is 11.7 Å². The van der Waals surface area contributed by atoms with E-state index in [1.54, 1.807) is 0 Å². The molecule has 1 aromatic carbocycles. The Morgan fingerprint density at radius 2 is 2.06 bits per heavy atom. The zero-order valence-electron chi connectivity index (χ0n) is 9.87. The highest BCUT2D eigenvalue weighted by molar-refractivity contribution is 9.11. The zero-order chi connectivity index (χ0) is 13.1. The first kappa shape index (κ1) is 13.5. The van der Waals surface area contributed by atoms with Gasteiger partial charge in [-0.25, -0.2) is 0 Å². The highest BCUT2D eigenvalue weighted by Crippen LogP contribution is 2.28. The second-order valence-electron chi connectivity index (χ2n) is 3.70. The van der Waals surface area contributed by atoms with Crippen LogP contribution in [-0.2, 0) is 0 Å². The van der Waals surface area contributed by atoms with Crippen molar-refractivity contribution >= 4 is 43.6 Å². The van der Waals surface area contributed by atoms with E-state index in [1.807, 2.05) is 32.2 Å². The SMILES string of the molecule is CNC(C)c1nnc(Nc2cc(Br)ccc2Br)o1. The van der Waals surface area contributed by atoms with E-state index < -0.39 is 0 Å². The second-order valence-corrected chi connectivity index (χ2v) is 5.47. The predicted molar refractivity (Wildman–Crippen MR) is 76.9 cm³/mol. The van der Waals surface area contributed by atoms with E-state index in [4.69, 9.17) is 4.42 Å². The number of benzene rings is 1. The monoisotopic (exact) mass is 374 g/mol. The van der Waals surface area contributed by atoms with E-state index in [0.717, 1.165) is 14.6 Å². The van der Waals surface area contributed by atoms with Crippen LogP contribution in [0.5, 0.6) is 0 Å². The average Bonchev–Trinajstić information content (AvgIpc) is 2.81. The normalized spacial score (nSPS) is 12.4. The summed E-state index contributed by atoms with van der Waals surface area (Å²) < 4.78 is 7.40. The minimum absolute atomic E-state index is 0.0269. The van der Waals surface area contributed by atoms with Crippen LogP contribution in [0.3, 0.4) is 0 Å². The Bertz CT molecular complexity index is 544. The van der Waals surface area contributed by atoms with Gasteiger partial charge in [0, 0.05) is 8.95 Å². The lowest BCUT2D eigenvalue weighted by Gasteiger charge is -2.05. The van der Waals surface area contributed by atoms with Gasteiger partial charge in [0.2, 0.25) is 5.89 Å². The summed E-state index contributed by atoms with van der Waals surface area (Å²) in [4.78, 5) is 0. The smallest absolute Gasteiger partial charge is 0.320 e. The van der Waals surface area contributed by atoms with Crippen molar-refractivity contribution in [3.05, 3.63) is 33.0 Å². The molecule has 0 saturated heterocycles. The lowest BCUT2D eigenvalue weighted by atomic mass is 10.3. The predicted octanol–water partition coefficient (Wildman–Crippen LogP) is 3.62. The van der Waals surface area contributed by atoms with Gasteiger partial charge in [-0.1, -0.05) is 21.0 Å². The molecule has 7 heteroatoms. The van der Waals surface area contributed by atoms with E-state index in [9.17, 15) is 0 Å². The number of hydrogen-bond donors (Lipinski definition) is 2. The van der Waals surface area contributed by atoms with Gasteiger partial charge in [0.1, 0.15) is 0 Å². The van der Waals surface area contributed by atoms with E-state index in [2.05, 4.69) is 52.7 Å². The van der Waals surface area contributed by atoms with Crippen LogP contribution in [0.25, 0.3) is 0 Å². The van der Waals surface area contributed by atoms with Crippen LogP contribution in [0.15, 0.2) is 31.6 Å². The third-order valence-electron chi connectivity index (χ3n) is 2.41. The first-order valence-corrected chi connectivity index (χ1v) is 6.91. The molecule has 5 nitrogen and oxygen atoms in total. The molecule has 2 rings (SSSR count). The molecule has 1 aromatic heterocycles. The Morgan fingerprint density at radius 1 is 1.28 bits per heavy atom. The van der Waals surface area contributed by atoms with E-state index in [0.29, 0.717) is 11.9 Å². The van der Waals surface area contributed by atoms with Crippen LogP contribution in [-0.4, -0.2) is 17.2 Å². The Kier molecular flexibility index (Phi) is 4.36. The van der Waals surface area contributed by atoms with Crippen LogP contribution < -0.4 is 10.6 Å². The molecule has 1 unspecified atom stereocenters. The molecule has 18 heavy (non-hydrogen) atoms. The quantitative estimate of drug-likeness (QED) is 0.854. The van der Waals surface area contributed by atoms with Crippen molar-refractivity contribution in [1.82, 2.24) is 15.5 Å². The van der Waals surface area contributed by atoms with Crippen LogP contribution in [0.1, 0.15) is 18.9 Å². The van der Waals surface area contributed by atoms with Crippen LogP contribution in [0.4, 0.5) is 11.7 Å². The number of hydrogen-bond acceptors (Lipinski definition) is 5. The largest absolute Gasteiger partial charge is 0.406 e. The molecule has 0 bridgehead atoms. The van der Waals surface area contributed by atoms with Crippen LogP contribution in [0, 0.1) is 0 Å². The fourth-order valence-electron chi connectivity index (χ4n) is 1.29. The molecule has 0 aliphatic heterocycles. The van der Waals surface area contributed by atoms with Crippen molar-refractivity contribution in [2.45, 2.75) is 13.0 Å². The van der Waals surface area contributed by atoms with Gasteiger partial charge in [-0.3, -0.25) is 0 Å². The molecule has 0 fully saturated rings. The summed E-state index contributed by atoms with van der Waals surface area (Å²) in [7, 11) is 1.84. The Hall–Kier alpha value is -0.920. The molecule has 0 amide bonds. The standard InChI is InChI=1S/C11H12Br2N4O/c1-6(14-2)10-16-17-11(18-10)15-9-5-7(12)3-4-8(9)13/h3-6,14H,1-2H3,(H,15,17). The second kappa shape index (κ2) is 5.81. The molecule has 1 heterocycles. The number of rotatable bonds is 4. The van der Waals surface area contributed by atoms with Gasteiger partial charge >= 0.3 is 6.01 Å². The number of nitrogens with zero attached hydrogens (tertiary/aromatic N) is 2. The maximum absolute atomic E-state index is 5.50. The lowest BCUT2D eigenvalue weighted by Crippen LogP contribution is -2.12. The third kappa shape index (κ3) is 3.09. The highest BCUT2D eigenvalue weighted by atomic mass is 79.9. The summed E-state index contributed by atoms with van der Waals surface area (Å²) in [6.07, 6.45) is 0. The Balaban J connectivity index is 2.18. The number of halogens is 2. The third-order valence-corrected chi connectivity index (χ3v) is 3.60. The molecule has 0 aliphatic rings. The van der Waals surface area contributed by atoms with Gasteiger partial charge in [0.15, 0.2) is 0 Å². The Labute approximate surface area is 122 Å². The summed E-state index contributed by atoms with van der Waals surface area (Å²) in [5.41, 5.74) is 0.858. The summed E-state index contributed by atoms with van der Waals surface area (Å²) in [6, 6.07) is 6.19. The fourth-order valence-corrected chi connectivity index (χ4v) is 2.00. The summed E-state index contributed by atoms with van der Waals surface area (Å²) >= 11 is 6.86. The molecule has 0 saturated carbocycles. The van der Waals surface area contributed by atoms with Crippen molar-refractivity contribution in [2.24, 2.45) is 0 Å². The van der Waals surface area contributed by atoms with Crippen molar-refractivity contribution in [3.63, 3.8) is 0 Å². The average molecular weight is 376 g/mol. The van der Waals surface area contributed by atoms with Gasteiger partial charge in [0.25, 0.3) is 0 Å². The van der Waals surface area contributed by atoms with Crippen LogP contribution in [0.2, 0.25) is 0 Å². The molecule has 0 spiro atoms. The first-order chi connectivity index (χ1) is 8.60. The molecule has 0 radical (unpaired) electrons. The van der Waals surface area contributed by atoms with Gasteiger partial charge in [-0.15, -0.1) is 5.10 Å². The maximum atomic E-state index is 5.50. The van der Waals surface area contributed by atoms with Gasteiger partial charge in [-0.2, -0.15) is 0 Å². The lowest BCUT2D eigenvalue weighted by molar-refractivity contribution is 0.443. The minimum Gasteiger partial charge on any atom is -0.406 e. The molecular formula is C11H12Br2N4O. The van der Waals surface area contributed by atoms with E-state index >= 15 is 0 Å². The minimum atomic E-state index is 0.0269. The van der Waals surface area contributed by atoms with Crippen LogP contribution >= 0.6 is 31.9 Å². The zero-order valence-corrected chi connectivity index (χ0v) is 13.0. The van der Waals surface area contributed by atoms with Crippen molar-refractivity contribution in [1.29, 1.82) is 0 Å². The molecule has 96 valence electrons. The molecular weight excluding hydrogens is 364 g/mol. The van der Waals surface area contributed by atoms with Crippen molar-refractivity contribution < 1.29 is 4.42 Å². The highest BCUT2D eigenvalue weighted by Gasteiger charge is 2.12. The molecule has 2 aromatic rings. The van der Waals surface area contributed by atoms with E-state index in [1.165, 1.54) is 0 Å². The summed E-state index contributed by atoms with van der Waals surface area (Å²) in [6.45, 7) is 1.95. The fraction of sp³-hybridized carbons (Fsp3) is 0.273. The van der Waals surface area contributed by atoms with E-state index in [-0.39, 0.29) is 6.04 Å². The van der Waals surface area contributed by atoms with Crippen molar-refractivity contribution in [2.75, 3.05) is 12.4 Å². The number of nitrogens with one attached hydrogen (secondary N) is 2. The van der Waals surface area contributed by atoms with Gasteiger partial charge < -0.3 is 15.1 Å². The number of anilines is 2.